The maximum absolute atomic E-state index is 12.1. The first-order valence-electron chi connectivity index (χ1n) is 7.42. The zero-order chi connectivity index (χ0) is 15.4. The fraction of sp³-hybridized carbons (Fsp3) is 0.400. The standard InChI is InChI=1S/C15H18N6O/c1-11-7-8-16-15(17-11)18-14(22)12-5-6-13(20-19-12)21-9-3-2-4-10-21/h5-8H,2-4,9-10H2,1H3,(H,16,17,18,22). The molecule has 1 aliphatic rings. The number of anilines is 2. The molecule has 2 aromatic heterocycles. The molecule has 0 atom stereocenters. The Morgan fingerprint density at radius 3 is 2.64 bits per heavy atom. The minimum Gasteiger partial charge on any atom is -0.355 e. The highest BCUT2D eigenvalue weighted by Gasteiger charge is 2.14. The molecule has 1 N–H and O–H groups in total. The molecule has 7 nitrogen and oxygen atoms in total. The third-order valence-corrected chi connectivity index (χ3v) is 3.58. The summed E-state index contributed by atoms with van der Waals surface area (Å²) in [5.74, 6) is 0.734. The Balaban J connectivity index is 1.68. The molecule has 0 aliphatic carbocycles. The normalized spacial score (nSPS) is 14.7. The van der Waals surface area contributed by atoms with Crippen molar-refractivity contribution < 1.29 is 4.79 Å². The van der Waals surface area contributed by atoms with Crippen LogP contribution in [0, 0.1) is 6.92 Å². The van der Waals surface area contributed by atoms with E-state index in [0.717, 1.165) is 24.6 Å². The van der Waals surface area contributed by atoms with E-state index >= 15 is 0 Å². The SMILES string of the molecule is Cc1ccnc(NC(=O)c2ccc(N3CCCCC3)nn2)n1. The van der Waals surface area contributed by atoms with Gasteiger partial charge in [0.2, 0.25) is 5.95 Å². The Labute approximate surface area is 128 Å². The van der Waals surface area contributed by atoms with Gasteiger partial charge in [-0.25, -0.2) is 9.97 Å². The number of nitrogens with zero attached hydrogens (tertiary/aromatic N) is 5. The van der Waals surface area contributed by atoms with Gasteiger partial charge in [0, 0.05) is 25.0 Å². The number of aryl methyl sites for hydroxylation is 1. The van der Waals surface area contributed by atoms with Crippen LogP contribution >= 0.6 is 0 Å². The number of amides is 1. The van der Waals surface area contributed by atoms with Crippen LogP contribution in [-0.4, -0.2) is 39.2 Å². The van der Waals surface area contributed by atoms with Gasteiger partial charge >= 0.3 is 0 Å². The average Bonchev–Trinajstić information content (AvgIpc) is 2.56. The maximum Gasteiger partial charge on any atom is 0.278 e. The number of hydrogen-bond acceptors (Lipinski definition) is 6. The van der Waals surface area contributed by atoms with Crippen molar-refractivity contribution in [2.24, 2.45) is 0 Å². The lowest BCUT2D eigenvalue weighted by atomic mass is 10.1. The molecule has 0 radical (unpaired) electrons. The second kappa shape index (κ2) is 6.46. The van der Waals surface area contributed by atoms with E-state index in [0.29, 0.717) is 0 Å². The molecule has 2 aromatic rings. The predicted molar refractivity (Wildman–Crippen MR) is 82.8 cm³/mol. The van der Waals surface area contributed by atoms with Crippen LogP contribution in [0.3, 0.4) is 0 Å². The lowest BCUT2D eigenvalue weighted by Gasteiger charge is -2.27. The largest absolute Gasteiger partial charge is 0.355 e. The molecule has 1 saturated heterocycles. The van der Waals surface area contributed by atoms with Gasteiger partial charge in [0.1, 0.15) is 0 Å². The monoisotopic (exact) mass is 298 g/mol. The number of rotatable bonds is 3. The molecule has 22 heavy (non-hydrogen) atoms. The summed E-state index contributed by atoms with van der Waals surface area (Å²) in [4.78, 5) is 22.4. The predicted octanol–water partition coefficient (Wildman–Crippen LogP) is 1.82. The van der Waals surface area contributed by atoms with E-state index in [1.807, 2.05) is 13.0 Å². The van der Waals surface area contributed by atoms with Gasteiger partial charge < -0.3 is 4.90 Å². The van der Waals surface area contributed by atoms with Gasteiger partial charge in [-0.05, 0) is 44.4 Å². The number of aromatic nitrogens is 4. The van der Waals surface area contributed by atoms with Crippen molar-refractivity contribution in [1.29, 1.82) is 0 Å². The summed E-state index contributed by atoms with van der Waals surface area (Å²) in [7, 11) is 0. The van der Waals surface area contributed by atoms with E-state index in [9.17, 15) is 4.79 Å². The fourth-order valence-corrected chi connectivity index (χ4v) is 2.41. The summed E-state index contributed by atoms with van der Waals surface area (Å²) in [5.41, 5.74) is 1.04. The molecule has 0 unspecified atom stereocenters. The molecule has 3 heterocycles. The number of carbonyl (C=O) groups is 1. The zero-order valence-electron chi connectivity index (χ0n) is 12.5. The summed E-state index contributed by atoms with van der Waals surface area (Å²) in [6.45, 7) is 3.83. The van der Waals surface area contributed by atoms with E-state index < -0.39 is 0 Å². The molecule has 0 spiro atoms. The molecular weight excluding hydrogens is 280 g/mol. The Morgan fingerprint density at radius 1 is 1.14 bits per heavy atom. The highest BCUT2D eigenvalue weighted by atomic mass is 16.2. The summed E-state index contributed by atoms with van der Waals surface area (Å²) >= 11 is 0. The second-order valence-electron chi connectivity index (χ2n) is 5.30. The second-order valence-corrected chi connectivity index (χ2v) is 5.30. The number of hydrogen-bond donors (Lipinski definition) is 1. The first-order chi connectivity index (χ1) is 10.7. The van der Waals surface area contributed by atoms with Gasteiger partial charge in [-0.1, -0.05) is 0 Å². The average molecular weight is 298 g/mol. The van der Waals surface area contributed by atoms with Crippen molar-refractivity contribution in [1.82, 2.24) is 20.2 Å². The zero-order valence-corrected chi connectivity index (χ0v) is 12.5. The Bertz CT molecular complexity index is 651. The van der Waals surface area contributed by atoms with Crippen LogP contribution in [0.2, 0.25) is 0 Å². The lowest BCUT2D eigenvalue weighted by Crippen LogP contribution is -2.30. The van der Waals surface area contributed by atoms with Crippen molar-refractivity contribution in [3.8, 4) is 0 Å². The van der Waals surface area contributed by atoms with E-state index in [4.69, 9.17) is 0 Å². The van der Waals surface area contributed by atoms with Gasteiger partial charge in [0.15, 0.2) is 11.5 Å². The molecule has 7 heteroatoms. The number of nitrogens with one attached hydrogen (secondary N) is 1. The minimum absolute atomic E-state index is 0.255. The van der Waals surface area contributed by atoms with Crippen molar-refractivity contribution in [3.63, 3.8) is 0 Å². The van der Waals surface area contributed by atoms with E-state index in [2.05, 4.69) is 30.4 Å². The maximum atomic E-state index is 12.1. The first-order valence-corrected chi connectivity index (χ1v) is 7.42. The summed E-state index contributed by atoms with van der Waals surface area (Å²) < 4.78 is 0. The van der Waals surface area contributed by atoms with Gasteiger partial charge in [0.05, 0.1) is 0 Å². The number of carbonyl (C=O) groups excluding carboxylic acids is 1. The quantitative estimate of drug-likeness (QED) is 0.930. The molecule has 1 amide bonds. The summed E-state index contributed by atoms with van der Waals surface area (Å²) in [6.07, 6.45) is 5.22. The Kier molecular flexibility index (Phi) is 4.22. The molecule has 3 rings (SSSR count). The van der Waals surface area contributed by atoms with Crippen molar-refractivity contribution in [2.75, 3.05) is 23.3 Å². The summed E-state index contributed by atoms with van der Waals surface area (Å²) in [5, 5.41) is 10.8. The third kappa shape index (κ3) is 3.36. The minimum atomic E-state index is -0.358. The highest BCUT2D eigenvalue weighted by Crippen LogP contribution is 2.16. The fourth-order valence-electron chi connectivity index (χ4n) is 2.41. The highest BCUT2D eigenvalue weighted by molar-refractivity contribution is 6.01. The topological polar surface area (TPSA) is 83.9 Å². The molecule has 1 fully saturated rings. The van der Waals surface area contributed by atoms with Gasteiger partial charge in [-0.3, -0.25) is 10.1 Å². The van der Waals surface area contributed by atoms with Crippen molar-refractivity contribution in [2.45, 2.75) is 26.2 Å². The molecule has 0 saturated carbocycles. The molecular formula is C15H18N6O. The number of piperidine rings is 1. The molecule has 114 valence electrons. The van der Waals surface area contributed by atoms with Crippen LogP contribution in [0.1, 0.15) is 35.4 Å². The first kappa shape index (κ1) is 14.4. The molecule has 0 bridgehead atoms. The van der Waals surface area contributed by atoms with Crippen LogP contribution in [0.15, 0.2) is 24.4 Å². The van der Waals surface area contributed by atoms with Gasteiger partial charge in [-0.2, -0.15) is 0 Å². The van der Waals surface area contributed by atoms with Crippen LogP contribution < -0.4 is 10.2 Å². The van der Waals surface area contributed by atoms with E-state index in [1.54, 1.807) is 18.3 Å². The van der Waals surface area contributed by atoms with Crippen LogP contribution in [0.25, 0.3) is 0 Å². The van der Waals surface area contributed by atoms with Crippen molar-refractivity contribution >= 4 is 17.7 Å². The van der Waals surface area contributed by atoms with Crippen molar-refractivity contribution in [3.05, 3.63) is 35.8 Å². The van der Waals surface area contributed by atoms with Crippen LogP contribution in [0.5, 0.6) is 0 Å². The van der Waals surface area contributed by atoms with Gasteiger partial charge in [0.25, 0.3) is 5.91 Å². The van der Waals surface area contributed by atoms with Crippen LogP contribution in [-0.2, 0) is 0 Å². The summed E-state index contributed by atoms with van der Waals surface area (Å²) in [6, 6.07) is 5.29. The van der Waals surface area contributed by atoms with E-state index in [1.165, 1.54) is 19.3 Å². The molecule has 1 aliphatic heterocycles. The third-order valence-electron chi connectivity index (χ3n) is 3.58. The Morgan fingerprint density at radius 2 is 1.95 bits per heavy atom. The lowest BCUT2D eigenvalue weighted by molar-refractivity contribution is 0.102. The van der Waals surface area contributed by atoms with E-state index in [-0.39, 0.29) is 17.5 Å². The smallest absolute Gasteiger partial charge is 0.278 e. The Hall–Kier alpha value is -2.57. The molecule has 0 aromatic carbocycles. The van der Waals surface area contributed by atoms with Gasteiger partial charge in [-0.15, -0.1) is 10.2 Å². The van der Waals surface area contributed by atoms with Crippen LogP contribution in [0.4, 0.5) is 11.8 Å².